The Hall–Kier alpha value is 0.250. The van der Waals surface area contributed by atoms with Gasteiger partial charge in [0.2, 0.25) is 0 Å². The zero-order valence-electron chi connectivity index (χ0n) is 4.16. The van der Waals surface area contributed by atoms with E-state index in [9.17, 15) is 0 Å². The molecule has 0 fully saturated rings. The van der Waals surface area contributed by atoms with Crippen molar-refractivity contribution in [1.82, 2.24) is 0 Å². The van der Waals surface area contributed by atoms with Crippen molar-refractivity contribution in [3.8, 4) is 0 Å². The van der Waals surface area contributed by atoms with E-state index in [1.165, 1.54) is 0 Å². The highest BCUT2D eigenvalue weighted by atomic mass is 35.5. The summed E-state index contributed by atoms with van der Waals surface area (Å²) in [5, 5.41) is 0. The van der Waals surface area contributed by atoms with Gasteiger partial charge in [-0.1, -0.05) is 0 Å². The van der Waals surface area contributed by atoms with E-state index in [2.05, 4.69) is 0 Å². The van der Waals surface area contributed by atoms with E-state index in [1.807, 2.05) is 13.8 Å². The topological polar surface area (TPSA) is 26.0 Å². The Labute approximate surface area is 43.5 Å². The van der Waals surface area contributed by atoms with Crippen LogP contribution in [0.3, 0.4) is 0 Å². The van der Waals surface area contributed by atoms with Crippen molar-refractivity contribution in [2.75, 3.05) is 5.88 Å². The molecule has 0 atom stereocenters. The zero-order valence-corrected chi connectivity index (χ0v) is 4.92. The fourth-order valence-corrected chi connectivity index (χ4v) is 0. The number of hydrogen-bond donors (Lipinski definition) is 1. The first-order valence-corrected chi connectivity index (χ1v) is 2.44. The smallest absolute Gasteiger partial charge is 0.0398 e. The molecule has 0 aliphatic carbocycles. The summed E-state index contributed by atoms with van der Waals surface area (Å²) in [7, 11) is 0. The third-order valence-electron chi connectivity index (χ3n) is 0.344. The quantitative estimate of drug-likeness (QED) is 0.497. The largest absolute Gasteiger partial charge is 0.325 e. The second-order valence-corrected chi connectivity index (χ2v) is 2.39. The maximum Gasteiger partial charge on any atom is 0.0398 e. The van der Waals surface area contributed by atoms with Crippen LogP contribution in [-0.4, -0.2) is 11.4 Å². The average Bonchev–Trinajstić information content (AvgIpc) is 1.35. The van der Waals surface area contributed by atoms with Gasteiger partial charge in [0.05, 0.1) is 0 Å². The van der Waals surface area contributed by atoms with Crippen molar-refractivity contribution in [2.24, 2.45) is 5.73 Å². The van der Waals surface area contributed by atoms with E-state index in [4.69, 9.17) is 17.3 Å². The lowest BCUT2D eigenvalue weighted by Gasteiger charge is -2.11. The second kappa shape index (κ2) is 1.80. The van der Waals surface area contributed by atoms with E-state index in [0.717, 1.165) is 0 Å². The summed E-state index contributed by atoms with van der Waals surface area (Å²) in [5.74, 6) is 0.521. The van der Waals surface area contributed by atoms with Crippen molar-refractivity contribution < 1.29 is 0 Å². The first-order chi connectivity index (χ1) is 2.56. The van der Waals surface area contributed by atoms with Gasteiger partial charge in [-0.15, -0.1) is 11.6 Å². The number of alkyl halides is 1. The molecule has 38 valence electrons. The minimum absolute atomic E-state index is 0.193. The number of halogens is 1. The van der Waals surface area contributed by atoms with Crippen LogP contribution in [-0.2, 0) is 0 Å². The molecular formula is C4H10ClN. The van der Waals surface area contributed by atoms with Gasteiger partial charge in [0.15, 0.2) is 0 Å². The standard InChI is InChI=1S/C4H10ClN/c1-4(2,6)3-5/h3,6H2,1-2H3. The molecule has 0 aliphatic heterocycles. The lowest BCUT2D eigenvalue weighted by molar-refractivity contribution is 0.587. The van der Waals surface area contributed by atoms with Crippen LogP contribution in [0.15, 0.2) is 0 Å². The second-order valence-electron chi connectivity index (χ2n) is 2.12. The molecule has 0 aliphatic rings. The fraction of sp³-hybridized carbons (Fsp3) is 1.00. The van der Waals surface area contributed by atoms with Crippen LogP contribution < -0.4 is 5.73 Å². The predicted octanol–water partition coefficient (Wildman–Crippen LogP) is 0.962. The van der Waals surface area contributed by atoms with Crippen molar-refractivity contribution in [3.05, 3.63) is 0 Å². The van der Waals surface area contributed by atoms with Crippen molar-refractivity contribution in [2.45, 2.75) is 19.4 Å². The maximum absolute atomic E-state index is 5.40. The lowest BCUT2D eigenvalue weighted by atomic mass is 10.1. The van der Waals surface area contributed by atoms with Crippen LogP contribution in [0.5, 0.6) is 0 Å². The Morgan fingerprint density at radius 2 is 1.83 bits per heavy atom. The van der Waals surface area contributed by atoms with Gasteiger partial charge in [0.25, 0.3) is 0 Å². The van der Waals surface area contributed by atoms with Crippen LogP contribution in [0, 0.1) is 0 Å². The SMILES string of the molecule is CC(C)(N)CCl. The number of nitrogens with two attached hydrogens (primary N) is 1. The maximum atomic E-state index is 5.40. The summed E-state index contributed by atoms with van der Waals surface area (Å²) in [4.78, 5) is 0. The third kappa shape index (κ3) is 4.25. The Balaban J connectivity index is 3.17. The first kappa shape index (κ1) is 6.25. The average molecular weight is 108 g/mol. The van der Waals surface area contributed by atoms with Crippen molar-refractivity contribution in [3.63, 3.8) is 0 Å². The molecule has 0 aromatic rings. The highest BCUT2D eigenvalue weighted by molar-refractivity contribution is 6.18. The molecule has 0 amide bonds. The number of hydrogen-bond acceptors (Lipinski definition) is 1. The summed E-state index contributed by atoms with van der Waals surface area (Å²) in [6, 6.07) is 0. The molecule has 0 aromatic carbocycles. The molecule has 0 aromatic heterocycles. The molecule has 0 unspecified atom stereocenters. The predicted molar refractivity (Wildman–Crippen MR) is 29.0 cm³/mol. The summed E-state index contributed by atoms with van der Waals surface area (Å²) >= 11 is 5.35. The summed E-state index contributed by atoms with van der Waals surface area (Å²) in [5.41, 5.74) is 5.21. The van der Waals surface area contributed by atoms with E-state index in [0.29, 0.717) is 5.88 Å². The van der Waals surface area contributed by atoms with Gasteiger partial charge in [-0.25, -0.2) is 0 Å². The molecule has 0 saturated carbocycles. The van der Waals surface area contributed by atoms with Gasteiger partial charge in [-0.3, -0.25) is 0 Å². The van der Waals surface area contributed by atoms with Gasteiger partial charge < -0.3 is 5.73 Å². The highest BCUT2D eigenvalue weighted by Gasteiger charge is 2.05. The Morgan fingerprint density at radius 3 is 1.83 bits per heavy atom. The lowest BCUT2D eigenvalue weighted by Crippen LogP contribution is -2.33. The van der Waals surface area contributed by atoms with Crippen LogP contribution >= 0.6 is 11.6 Å². The van der Waals surface area contributed by atoms with Crippen molar-refractivity contribution >= 4 is 11.6 Å². The van der Waals surface area contributed by atoms with Crippen LogP contribution in [0.1, 0.15) is 13.8 Å². The molecule has 2 heteroatoms. The van der Waals surface area contributed by atoms with E-state index in [1.54, 1.807) is 0 Å². The molecule has 0 radical (unpaired) electrons. The first-order valence-electron chi connectivity index (χ1n) is 1.91. The van der Waals surface area contributed by atoms with Gasteiger partial charge in [0.1, 0.15) is 0 Å². The fourth-order valence-electron chi connectivity index (χ4n) is 0. The van der Waals surface area contributed by atoms with Gasteiger partial charge in [-0.2, -0.15) is 0 Å². The normalized spacial score (nSPS) is 12.0. The molecule has 0 bridgehead atoms. The number of rotatable bonds is 1. The monoisotopic (exact) mass is 107 g/mol. The molecular weight excluding hydrogens is 97.5 g/mol. The van der Waals surface area contributed by atoms with Crippen LogP contribution in [0.25, 0.3) is 0 Å². The summed E-state index contributed by atoms with van der Waals surface area (Å²) in [6.07, 6.45) is 0. The molecule has 0 heterocycles. The van der Waals surface area contributed by atoms with E-state index < -0.39 is 0 Å². The molecule has 6 heavy (non-hydrogen) atoms. The summed E-state index contributed by atoms with van der Waals surface area (Å²) < 4.78 is 0. The van der Waals surface area contributed by atoms with Gasteiger partial charge in [0, 0.05) is 11.4 Å². The van der Waals surface area contributed by atoms with E-state index >= 15 is 0 Å². The van der Waals surface area contributed by atoms with E-state index in [-0.39, 0.29) is 5.54 Å². The van der Waals surface area contributed by atoms with Gasteiger partial charge in [-0.05, 0) is 13.8 Å². The van der Waals surface area contributed by atoms with Crippen molar-refractivity contribution in [1.29, 1.82) is 0 Å². The zero-order chi connectivity index (χ0) is 5.21. The Bertz CT molecular complexity index is 37.3. The minimum atomic E-state index is -0.193. The minimum Gasteiger partial charge on any atom is -0.325 e. The third-order valence-corrected chi connectivity index (χ3v) is 1.03. The Kier molecular flexibility index (Phi) is 1.88. The molecule has 2 N–H and O–H groups in total. The van der Waals surface area contributed by atoms with Crippen LogP contribution in [0.4, 0.5) is 0 Å². The van der Waals surface area contributed by atoms with Crippen LogP contribution in [0.2, 0.25) is 0 Å². The van der Waals surface area contributed by atoms with Gasteiger partial charge >= 0.3 is 0 Å². The Morgan fingerprint density at radius 1 is 1.67 bits per heavy atom. The molecule has 1 nitrogen and oxygen atoms in total. The molecule has 0 rings (SSSR count). The molecule has 0 spiro atoms. The highest BCUT2D eigenvalue weighted by Crippen LogP contribution is 1.96. The molecule has 0 saturated heterocycles. The summed E-state index contributed by atoms with van der Waals surface area (Å²) in [6.45, 7) is 3.78.